The minimum absolute atomic E-state index is 0.110. The first-order valence-electron chi connectivity index (χ1n) is 7.73. The van der Waals surface area contributed by atoms with Crippen LogP contribution in [0.2, 0.25) is 0 Å². The number of nitrogens with one attached hydrogen (secondary N) is 2. The molecule has 3 N–H and O–H groups in total. The molecular formula is C18H20F2N2O2. The average molecular weight is 334 g/mol. The molecule has 0 aliphatic carbocycles. The van der Waals surface area contributed by atoms with Crippen LogP contribution in [-0.4, -0.2) is 23.7 Å². The summed E-state index contributed by atoms with van der Waals surface area (Å²) in [7, 11) is 0. The largest absolute Gasteiger partial charge is 0.394 e. The molecule has 24 heavy (non-hydrogen) atoms. The predicted molar refractivity (Wildman–Crippen MR) is 88.8 cm³/mol. The highest BCUT2D eigenvalue weighted by Crippen LogP contribution is 2.14. The Kier molecular flexibility index (Phi) is 6.26. The van der Waals surface area contributed by atoms with Crippen LogP contribution >= 0.6 is 0 Å². The molecule has 0 saturated carbocycles. The quantitative estimate of drug-likeness (QED) is 0.729. The van der Waals surface area contributed by atoms with Crippen LogP contribution in [0, 0.1) is 11.6 Å². The van der Waals surface area contributed by atoms with Gasteiger partial charge in [0.15, 0.2) is 0 Å². The highest BCUT2D eigenvalue weighted by Gasteiger charge is 2.11. The third-order valence-corrected chi connectivity index (χ3v) is 3.69. The van der Waals surface area contributed by atoms with Gasteiger partial charge in [-0.25, -0.2) is 8.78 Å². The van der Waals surface area contributed by atoms with Crippen molar-refractivity contribution in [1.82, 2.24) is 5.32 Å². The van der Waals surface area contributed by atoms with Gasteiger partial charge in [-0.3, -0.25) is 4.79 Å². The number of aliphatic hydroxyl groups is 1. The van der Waals surface area contributed by atoms with E-state index in [0.29, 0.717) is 17.7 Å². The van der Waals surface area contributed by atoms with Crippen molar-refractivity contribution in [1.29, 1.82) is 0 Å². The number of benzene rings is 2. The Bertz CT molecular complexity index is 686. The van der Waals surface area contributed by atoms with Gasteiger partial charge in [0.05, 0.1) is 12.6 Å². The second kappa shape index (κ2) is 8.40. The fraction of sp³-hybridized carbons (Fsp3) is 0.278. The van der Waals surface area contributed by atoms with Crippen LogP contribution in [0.4, 0.5) is 14.5 Å². The van der Waals surface area contributed by atoms with Crippen LogP contribution in [0.1, 0.15) is 29.3 Å². The van der Waals surface area contributed by atoms with Crippen molar-refractivity contribution in [3.05, 3.63) is 65.2 Å². The van der Waals surface area contributed by atoms with E-state index in [9.17, 15) is 13.6 Å². The van der Waals surface area contributed by atoms with E-state index >= 15 is 0 Å². The first kappa shape index (κ1) is 17.9. The summed E-state index contributed by atoms with van der Waals surface area (Å²) in [5.41, 5.74) is 1.37. The molecule has 2 rings (SSSR count). The molecule has 1 unspecified atom stereocenters. The number of hydrogen-bond acceptors (Lipinski definition) is 3. The van der Waals surface area contributed by atoms with E-state index in [4.69, 9.17) is 5.11 Å². The molecule has 6 heteroatoms. The van der Waals surface area contributed by atoms with Crippen LogP contribution in [0.5, 0.6) is 0 Å². The van der Waals surface area contributed by atoms with Gasteiger partial charge in [-0.2, -0.15) is 0 Å². The molecule has 1 amide bonds. The molecule has 2 aromatic carbocycles. The Morgan fingerprint density at radius 1 is 1.17 bits per heavy atom. The van der Waals surface area contributed by atoms with E-state index in [1.54, 1.807) is 24.3 Å². The summed E-state index contributed by atoms with van der Waals surface area (Å²) >= 11 is 0. The normalized spacial score (nSPS) is 11.8. The Morgan fingerprint density at radius 3 is 2.50 bits per heavy atom. The summed E-state index contributed by atoms with van der Waals surface area (Å²) in [6, 6.07) is 9.66. The molecule has 0 aliphatic rings. The topological polar surface area (TPSA) is 61.4 Å². The van der Waals surface area contributed by atoms with E-state index in [2.05, 4.69) is 10.6 Å². The van der Waals surface area contributed by atoms with Gasteiger partial charge in [0, 0.05) is 23.4 Å². The molecular weight excluding hydrogens is 314 g/mol. The van der Waals surface area contributed by atoms with Crippen molar-refractivity contribution in [2.45, 2.75) is 25.9 Å². The van der Waals surface area contributed by atoms with Gasteiger partial charge in [-0.1, -0.05) is 6.92 Å². The first-order chi connectivity index (χ1) is 11.5. The third kappa shape index (κ3) is 4.76. The van der Waals surface area contributed by atoms with E-state index < -0.39 is 11.6 Å². The second-order valence-electron chi connectivity index (χ2n) is 5.43. The number of carbonyl (C=O) groups is 1. The van der Waals surface area contributed by atoms with Gasteiger partial charge in [0.1, 0.15) is 11.6 Å². The van der Waals surface area contributed by atoms with Gasteiger partial charge in [0.2, 0.25) is 0 Å². The first-order valence-corrected chi connectivity index (χ1v) is 7.73. The van der Waals surface area contributed by atoms with E-state index in [1.807, 2.05) is 6.92 Å². The van der Waals surface area contributed by atoms with Crippen molar-refractivity contribution >= 4 is 11.6 Å². The zero-order valence-corrected chi connectivity index (χ0v) is 13.4. The Hall–Kier alpha value is -2.47. The predicted octanol–water partition coefficient (Wildman–Crippen LogP) is 3.08. The lowest BCUT2D eigenvalue weighted by Crippen LogP contribution is -2.36. The molecule has 0 heterocycles. The summed E-state index contributed by atoms with van der Waals surface area (Å²) in [6.07, 6.45) is 0.640. The minimum Gasteiger partial charge on any atom is -0.394 e. The van der Waals surface area contributed by atoms with Crippen LogP contribution in [0.25, 0.3) is 0 Å². The number of rotatable bonds is 7. The van der Waals surface area contributed by atoms with Gasteiger partial charge < -0.3 is 15.7 Å². The second-order valence-corrected chi connectivity index (χ2v) is 5.43. The SMILES string of the molecule is CCC(CO)NC(=O)c1ccc(NCc2cc(F)ccc2F)cc1. The van der Waals surface area contributed by atoms with Crippen molar-refractivity contribution in [2.75, 3.05) is 11.9 Å². The maximum absolute atomic E-state index is 13.6. The molecule has 2 aromatic rings. The number of aliphatic hydroxyl groups excluding tert-OH is 1. The van der Waals surface area contributed by atoms with E-state index in [0.717, 1.165) is 18.2 Å². The Labute approximate surface area is 139 Å². The molecule has 128 valence electrons. The van der Waals surface area contributed by atoms with E-state index in [1.165, 1.54) is 0 Å². The smallest absolute Gasteiger partial charge is 0.251 e. The van der Waals surface area contributed by atoms with Crippen molar-refractivity contribution in [3.8, 4) is 0 Å². The van der Waals surface area contributed by atoms with Gasteiger partial charge in [-0.05, 0) is 48.9 Å². The lowest BCUT2D eigenvalue weighted by molar-refractivity contribution is 0.0915. The van der Waals surface area contributed by atoms with Gasteiger partial charge in [0.25, 0.3) is 5.91 Å². The lowest BCUT2D eigenvalue weighted by atomic mass is 10.1. The molecule has 0 aromatic heterocycles. The number of carbonyl (C=O) groups excluding carboxylic acids is 1. The fourth-order valence-electron chi connectivity index (χ4n) is 2.16. The molecule has 0 bridgehead atoms. The van der Waals surface area contributed by atoms with E-state index in [-0.39, 0.29) is 30.7 Å². The molecule has 1 atom stereocenters. The molecule has 0 aliphatic heterocycles. The molecule has 4 nitrogen and oxygen atoms in total. The zero-order valence-electron chi connectivity index (χ0n) is 13.4. The van der Waals surface area contributed by atoms with Crippen LogP contribution in [0.15, 0.2) is 42.5 Å². The zero-order chi connectivity index (χ0) is 17.5. The van der Waals surface area contributed by atoms with Gasteiger partial charge >= 0.3 is 0 Å². The summed E-state index contributed by atoms with van der Waals surface area (Å²) in [5.74, 6) is -1.23. The summed E-state index contributed by atoms with van der Waals surface area (Å²) in [4.78, 5) is 12.0. The Balaban J connectivity index is 1.97. The summed E-state index contributed by atoms with van der Waals surface area (Å²) < 4.78 is 26.7. The Morgan fingerprint density at radius 2 is 1.88 bits per heavy atom. The number of amides is 1. The highest BCUT2D eigenvalue weighted by molar-refractivity contribution is 5.94. The molecule has 0 spiro atoms. The summed E-state index contributed by atoms with van der Waals surface area (Å²) in [6.45, 7) is 1.90. The summed E-state index contributed by atoms with van der Waals surface area (Å²) in [5, 5.41) is 14.8. The standard InChI is InChI=1S/C18H20F2N2O2/c1-2-15(11-23)22-18(24)12-3-6-16(7-4-12)21-10-13-9-14(19)5-8-17(13)20/h3-9,15,21,23H,2,10-11H2,1H3,(H,22,24). The minimum atomic E-state index is -0.491. The lowest BCUT2D eigenvalue weighted by Gasteiger charge is -2.14. The van der Waals surface area contributed by atoms with Crippen molar-refractivity contribution in [2.24, 2.45) is 0 Å². The fourth-order valence-corrected chi connectivity index (χ4v) is 2.16. The van der Waals surface area contributed by atoms with Crippen LogP contribution in [0.3, 0.4) is 0 Å². The van der Waals surface area contributed by atoms with Crippen molar-refractivity contribution in [3.63, 3.8) is 0 Å². The molecule has 0 fully saturated rings. The number of hydrogen-bond donors (Lipinski definition) is 3. The van der Waals surface area contributed by atoms with Crippen LogP contribution < -0.4 is 10.6 Å². The molecule has 0 radical (unpaired) electrons. The number of halogens is 2. The van der Waals surface area contributed by atoms with Gasteiger partial charge in [-0.15, -0.1) is 0 Å². The molecule has 0 saturated heterocycles. The highest BCUT2D eigenvalue weighted by atomic mass is 19.1. The van der Waals surface area contributed by atoms with Crippen molar-refractivity contribution < 1.29 is 18.7 Å². The monoisotopic (exact) mass is 334 g/mol. The number of anilines is 1. The maximum atomic E-state index is 13.6. The maximum Gasteiger partial charge on any atom is 0.251 e. The third-order valence-electron chi connectivity index (χ3n) is 3.69. The average Bonchev–Trinajstić information content (AvgIpc) is 2.60. The van der Waals surface area contributed by atoms with Crippen LogP contribution in [-0.2, 0) is 6.54 Å².